The predicted octanol–water partition coefficient (Wildman–Crippen LogP) is 3.06. The molecule has 0 amide bonds. The third-order valence-corrected chi connectivity index (χ3v) is 3.04. The van der Waals surface area contributed by atoms with E-state index in [0.29, 0.717) is 11.3 Å². The number of aromatic nitrogens is 2. The largest absolute Gasteiger partial charge is 0.294 e. The number of hydrogen-bond donors (Lipinski definition) is 0. The van der Waals surface area contributed by atoms with E-state index in [9.17, 15) is 4.79 Å². The van der Waals surface area contributed by atoms with Gasteiger partial charge in [-0.1, -0.05) is 36.4 Å². The minimum absolute atomic E-state index is 0.0613. The second-order valence-corrected chi connectivity index (χ2v) is 4.38. The first-order chi connectivity index (χ1) is 9.33. The maximum atomic E-state index is 12.2. The Bertz CT molecular complexity index is 723. The molecule has 0 radical (unpaired) electrons. The van der Waals surface area contributed by atoms with Crippen molar-refractivity contribution in [1.29, 1.82) is 0 Å². The lowest BCUT2D eigenvalue weighted by atomic mass is 10.0. The molecule has 3 nitrogen and oxygen atoms in total. The maximum Gasteiger partial charge on any atom is 0.168 e. The number of Topliss-reactive ketones (excluding diaryl/α,β-unsaturated/α-hetero) is 1. The van der Waals surface area contributed by atoms with E-state index in [1.165, 1.54) is 0 Å². The zero-order valence-corrected chi connectivity index (χ0v) is 10.3. The van der Waals surface area contributed by atoms with E-state index in [1.54, 1.807) is 12.3 Å². The van der Waals surface area contributed by atoms with Crippen LogP contribution in [0.15, 0.2) is 60.8 Å². The predicted molar refractivity (Wildman–Crippen MR) is 74.0 cm³/mol. The van der Waals surface area contributed by atoms with Gasteiger partial charge in [-0.25, -0.2) is 0 Å². The first kappa shape index (κ1) is 11.5. The van der Waals surface area contributed by atoms with Gasteiger partial charge >= 0.3 is 0 Å². The van der Waals surface area contributed by atoms with Crippen LogP contribution in [0.2, 0.25) is 0 Å². The monoisotopic (exact) mass is 248 g/mol. The summed E-state index contributed by atoms with van der Waals surface area (Å²) < 4.78 is 0. The molecule has 2 aromatic carbocycles. The zero-order chi connectivity index (χ0) is 13.1. The van der Waals surface area contributed by atoms with Crippen molar-refractivity contribution in [1.82, 2.24) is 10.2 Å². The molecule has 0 fully saturated rings. The molecule has 1 aromatic heterocycles. The Morgan fingerprint density at radius 3 is 2.58 bits per heavy atom. The summed E-state index contributed by atoms with van der Waals surface area (Å²) in [6.45, 7) is 0. The Labute approximate surface area is 110 Å². The molecule has 0 aliphatic rings. The number of rotatable bonds is 3. The standard InChI is InChI=1S/C16H12N2O/c19-16(11-15-6-3-9-17-18-15)14-8-7-12-4-1-2-5-13(12)10-14/h1-10H,11H2. The van der Waals surface area contributed by atoms with E-state index >= 15 is 0 Å². The van der Waals surface area contributed by atoms with Crippen molar-refractivity contribution in [3.63, 3.8) is 0 Å². The van der Waals surface area contributed by atoms with Crippen LogP contribution in [-0.2, 0) is 6.42 Å². The van der Waals surface area contributed by atoms with Crippen molar-refractivity contribution in [2.24, 2.45) is 0 Å². The highest BCUT2D eigenvalue weighted by atomic mass is 16.1. The Morgan fingerprint density at radius 1 is 0.947 bits per heavy atom. The quantitative estimate of drug-likeness (QED) is 0.669. The number of benzene rings is 2. The van der Waals surface area contributed by atoms with Gasteiger partial charge in [0.25, 0.3) is 0 Å². The molecule has 3 heteroatoms. The summed E-state index contributed by atoms with van der Waals surface area (Å²) in [5.74, 6) is 0.0613. The highest BCUT2D eigenvalue weighted by Gasteiger charge is 2.08. The van der Waals surface area contributed by atoms with Crippen LogP contribution in [0.5, 0.6) is 0 Å². The number of ketones is 1. The lowest BCUT2D eigenvalue weighted by Gasteiger charge is -2.03. The third kappa shape index (κ3) is 2.50. The average Bonchev–Trinajstić information content (AvgIpc) is 2.48. The van der Waals surface area contributed by atoms with E-state index in [0.717, 1.165) is 10.8 Å². The van der Waals surface area contributed by atoms with E-state index in [4.69, 9.17) is 0 Å². The number of carbonyl (C=O) groups is 1. The average molecular weight is 248 g/mol. The summed E-state index contributed by atoms with van der Waals surface area (Å²) in [5.41, 5.74) is 1.41. The minimum atomic E-state index is 0.0613. The van der Waals surface area contributed by atoms with Gasteiger partial charge < -0.3 is 0 Å². The van der Waals surface area contributed by atoms with E-state index < -0.39 is 0 Å². The lowest BCUT2D eigenvalue weighted by molar-refractivity contribution is 0.0992. The SMILES string of the molecule is O=C(Cc1cccnn1)c1ccc2ccccc2c1. The van der Waals surface area contributed by atoms with Crippen LogP contribution in [0.25, 0.3) is 10.8 Å². The molecule has 3 aromatic rings. The smallest absolute Gasteiger partial charge is 0.168 e. The van der Waals surface area contributed by atoms with Crippen LogP contribution in [-0.4, -0.2) is 16.0 Å². The summed E-state index contributed by atoms with van der Waals surface area (Å²) in [4.78, 5) is 12.2. The molecule has 0 N–H and O–H groups in total. The van der Waals surface area contributed by atoms with Gasteiger partial charge in [-0.15, -0.1) is 0 Å². The number of fused-ring (bicyclic) bond motifs is 1. The van der Waals surface area contributed by atoms with Crippen LogP contribution < -0.4 is 0 Å². The molecule has 0 bridgehead atoms. The highest BCUT2D eigenvalue weighted by Crippen LogP contribution is 2.16. The first-order valence-corrected chi connectivity index (χ1v) is 6.11. The van der Waals surface area contributed by atoms with Crippen molar-refractivity contribution < 1.29 is 4.79 Å². The second-order valence-electron chi connectivity index (χ2n) is 4.38. The van der Waals surface area contributed by atoms with Crippen LogP contribution >= 0.6 is 0 Å². The Morgan fingerprint density at radius 2 is 1.79 bits per heavy atom. The molecule has 0 aliphatic heterocycles. The highest BCUT2D eigenvalue weighted by molar-refractivity contribution is 6.00. The lowest BCUT2D eigenvalue weighted by Crippen LogP contribution is -2.05. The summed E-state index contributed by atoms with van der Waals surface area (Å²) in [5, 5.41) is 9.93. The fourth-order valence-corrected chi connectivity index (χ4v) is 2.06. The van der Waals surface area contributed by atoms with E-state index in [2.05, 4.69) is 10.2 Å². The third-order valence-electron chi connectivity index (χ3n) is 3.04. The van der Waals surface area contributed by atoms with Crippen molar-refractivity contribution in [2.45, 2.75) is 6.42 Å². The summed E-state index contributed by atoms with van der Waals surface area (Å²) in [6, 6.07) is 17.4. The van der Waals surface area contributed by atoms with Crippen molar-refractivity contribution in [2.75, 3.05) is 0 Å². The molecule has 0 unspecified atom stereocenters. The molecule has 0 saturated heterocycles. The molecular formula is C16H12N2O. The summed E-state index contributed by atoms with van der Waals surface area (Å²) in [7, 11) is 0. The van der Waals surface area contributed by atoms with Gasteiger partial charge in [0.05, 0.1) is 12.1 Å². The van der Waals surface area contributed by atoms with E-state index in [-0.39, 0.29) is 12.2 Å². The fraction of sp³-hybridized carbons (Fsp3) is 0.0625. The Balaban J connectivity index is 1.89. The van der Waals surface area contributed by atoms with Gasteiger partial charge in [0, 0.05) is 11.8 Å². The van der Waals surface area contributed by atoms with Gasteiger partial charge in [0.15, 0.2) is 5.78 Å². The molecule has 0 spiro atoms. The van der Waals surface area contributed by atoms with Crippen LogP contribution in [0.1, 0.15) is 16.1 Å². The van der Waals surface area contributed by atoms with E-state index in [1.807, 2.05) is 48.5 Å². The molecule has 0 aliphatic carbocycles. The Kier molecular flexibility index (Phi) is 3.02. The maximum absolute atomic E-state index is 12.2. The number of hydrogen-bond acceptors (Lipinski definition) is 3. The summed E-state index contributed by atoms with van der Waals surface area (Å²) in [6.07, 6.45) is 1.89. The molecule has 19 heavy (non-hydrogen) atoms. The normalized spacial score (nSPS) is 10.5. The first-order valence-electron chi connectivity index (χ1n) is 6.11. The molecule has 1 heterocycles. The van der Waals surface area contributed by atoms with Crippen molar-refractivity contribution >= 4 is 16.6 Å². The van der Waals surface area contributed by atoms with Crippen LogP contribution in [0, 0.1) is 0 Å². The number of carbonyl (C=O) groups excluding carboxylic acids is 1. The Hall–Kier alpha value is -2.55. The molecule has 92 valence electrons. The molecule has 3 rings (SSSR count). The minimum Gasteiger partial charge on any atom is -0.294 e. The fourth-order valence-electron chi connectivity index (χ4n) is 2.06. The van der Waals surface area contributed by atoms with Gasteiger partial charge in [-0.05, 0) is 29.0 Å². The van der Waals surface area contributed by atoms with Gasteiger partial charge in [0.1, 0.15) is 0 Å². The zero-order valence-electron chi connectivity index (χ0n) is 10.3. The second kappa shape index (κ2) is 4.98. The topological polar surface area (TPSA) is 42.9 Å². The van der Waals surface area contributed by atoms with Crippen LogP contribution in [0.4, 0.5) is 0 Å². The van der Waals surface area contributed by atoms with Crippen LogP contribution in [0.3, 0.4) is 0 Å². The van der Waals surface area contributed by atoms with Crippen molar-refractivity contribution in [3.05, 3.63) is 72.1 Å². The van der Waals surface area contributed by atoms with Gasteiger partial charge in [-0.3, -0.25) is 4.79 Å². The van der Waals surface area contributed by atoms with Crippen molar-refractivity contribution in [3.8, 4) is 0 Å². The molecule has 0 atom stereocenters. The van der Waals surface area contributed by atoms with Gasteiger partial charge in [0.2, 0.25) is 0 Å². The molecule has 0 saturated carbocycles. The molecular weight excluding hydrogens is 236 g/mol. The van der Waals surface area contributed by atoms with Gasteiger partial charge in [-0.2, -0.15) is 10.2 Å². The summed E-state index contributed by atoms with van der Waals surface area (Å²) >= 11 is 0. The number of nitrogens with zero attached hydrogens (tertiary/aromatic N) is 2.